The minimum absolute atomic E-state index is 0.0140. The number of ether oxygens (including phenoxy) is 6. The minimum atomic E-state index is -2.05. The Morgan fingerprint density at radius 3 is 1.85 bits per heavy atom. The highest BCUT2D eigenvalue weighted by atomic mass is 35.5. The average molecular weight is 696 g/mol. The van der Waals surface area contributed by atoms with Gasteiger partial charge in [0.2, 0.25) is 11.7 Å². The molecule has 0 saturated carbocycles. The van der Waals surface area contributed by atoms with Gasteiger partial charge >= 0.3 is 11.9 Å². The van der Waals surface area contributed by atoms with Crippen molar-refractivity contribution in [2.45, 2.75) is 90.6 Å². The Labute approximate surface area is 284 Å². The van der Waals surface area contributed by atoms with E-state index >= 15 is 0 Å². The van der Waals surface area contributed by atoms with Crippen molar-refractivity contribution in [3.63, 3.8) is 0 Å². The second-order valence-electron chi connectivity index (χ2n) is 13.5. The standard InChI is InChI=1S/C34H50ClNO10Si/c1-33(2,3)46-32(39)21-17-24(30(36)37)28(35)25(18-21)43-15-12-13-23(14-16-44-47(10,11)34(4,5)6)45-31(38)22-19-26(40-7)29(42-9)27(20-22)41-8/h17-20,23H,12-16H2,1-11H3,(H2,36,37). The van der Waals surface area contributed by atoms with Crippen molar-refractivity contribution in [3.05, 3.63) is 46.0 Å². The molecule has 1 atom stereocenters. The fourth-order valence-corrected chi connectivity index (χ4v) is 5.49. The molecule has 2 aromatic rings. The molecule has 47 heavy (non-hydrogen) atoms. The maximum absolute atomic E-state index is 13.4. The number of benzene rings is 2. The van der Waals surface area contributed by atoms with E-state index in [-0.39, 0.29) is 39.1 Å². The molecule has 0 fully saturated rings. The number of carbonyl (C=O) groups is 3. The summed E-state index contributed by atoms with van der Waals surface area (Å²) < 4.78 is 39.9. The minimum Gasteiger partial charge on any atom is -0.493 e. The van der Waals surface area contributed by atoms with Crippen molar-refractivity contribution in [1.82, 2.24) is 0 Å². The Bertz CT molecular complexity index is 1390. The summed E-state index contributed by atoms with van der Waals surface area (Å²) in [6, 6.07) is 5.77. The summed E-state index contributed by atoms with van der Waals surface area (Å²) in [4.78, 5) is 38.2. The number of rotatable bonds is 16. The monoisotopic (exact) mass is 695 g/mol. The van der Waals surface area contributed by atoms with Gasteiger partial charge in [-0.15, -0.1) is 0 Å². The fraction of sp³-hybridized carbons (Fsp3) is 0.559. The van der Waals surface area contributed by atoms with E-state index in [0.717, 1.165) is 0 Å². The van der Waals surface area contributed by atoms with E-state index in [1.54, 1.807) is 20.8 Å². The maximum atomic E-state index is 13.4. The molecule has 0 aliphatic carbocycles. The van der Waals surface area contributed by atoms with E-state index in [0.29, 0.717) is 43.1 Å². The van der Waals surface area contributed by atoms with Crippen molar-refractivity contribution in [2.75, 3.05) is 34.5 Å². The first kappa shape index (κ1) is 39.7. The first-order valence-corrected chi connectivity index (χ1v) is 18.7. The molecule has 2 rings (SSSR count). The summed E-state index contributed by atoms with van der Waals surface area (Å²) in [5, 5.41) is -0.00180. The van der Waals surface area contributed by atoms with Crippen LogP contribution < -0.4 is 24.7 Å². The quantitative estimate of drug-likeness (QED) is 0.109. The number of amides is 1. The van der Waals surface area contributed by atoms with Gasteiger partial charge in [0.05, 0.1) is 49.6 Å². The number of hydrogen-bond donors (Lipinski definition) is 1. The molecule has 0 spiro atoms. The van der Waals surface area contributed by atoms with Gasteiger partial charge < -0.3 is 38.6 Å². The lowest BCUT2D eigenvalue weighted by Gasteiger charge is -2.36. The molecule has 0 radical (unpaired) electrons. The first-order valence-electron chi connectivity index (χ1n) is 15.4. The maximum Gasteiger partial charge on any atom is 0.338 e. The summed E-state index contributed by atoms with van der Waals surface area (Å²) in [5.74, 6) is -0.917. The lowest BCUT2D eigenvalue weighted by molar-refractivity contribution is 0.00684. The zero-order valence-corrected chi connectivity index (χ0v) is 31.2. The van der Waals surface area contributed by atoms with Crippen LogP contribution in [0.3, 0.4) is 0 Å². The second kappa shape index (κ2) is 16.6. The molecule has 2 aromatic carbocycles. The summed E-state index contributed by atoms with van der Waals surface area (Å²) in [7, 11) is 2.37. The zero-order chi connectivity index (χ0) is 35.7. The van der Waals surface area contributed by atoms with Crippen molar-refractivity contribution in [3.8, 4) is 23.0 Å². The van der Waals surface area contributed by atoms with E-state index in [4.69, 9.17) is 50.2 Å². The Morgan fingerprint density at radius 2 is 1.36 bits per heavy atom. The fourth-order valence-electron chi connectivity index (χ4n) is 4.17. The van der Waals surface area contributed by atoms with Crippen molar-refractivity contribution >= 4 is 37.8 Å². The molecule has 262 valence electrons. The van der Waals surface area contributed by atoms with Gasteiger partial charge in [-0.1, -0.05) is 32.4 Å². The first-order chi connectivity index (χ1) is 21.7. The second-order valence-corrected chi connectivity index (χ2v) is 18.7. The normalized spacial score (nSPS) is 12.6. The van der Waals surface area contributed by atoms with Crippen LogP contribution in [-0.2, 0) is 13.9 Å². The van der Waals surface area contributed by atoms with E-state index in [2.05, 4.69) is 33.9 Å². The number of primary amides is 1. The average Bonchev–Trinajstić information content (AvgIpc) is 2.97. The van der Waals surface area contributed by atoms with Crippen LogP contribution in [0.4, 0.5) is 0 Å². The summed E-state index contributed by atoms with van der Waals surface area (Å²) in [6.45, 7) is 16.5. The van der Waals surface area contributed by atoms with Gasteiger partial charge in [-0.3, -0.25) is 4.79 Å². The van der Waals surface area contributed by atoms with Gasteiger partial charge in [0, 0.05) is 13.0 Å². The molecule has 13 heteroatoms. The molecule has 0 heterocycles. The van der Waals surface area contributed by atoms with E-state index in [1.165, 1.54) is 45.6 Å². The molecule has 1 unspecified atom stereocenters. The van der Waals surface area contributed by atoms with Gasteiger partial charge in [-0.05, 0) is 76.0 Å². The van der Waals surface area contributed by atoms with Gasteiger partial charge in [0.1, 0.15) is 17.5 Å². The molecule has 0 saturated heterocycles. The van der Waals surface area contributed by atoms with E-state index in [1.807, 2.05) is 0 Å². The molecule has 0 bridgehead atoms. The molecule has 2 N–H and O–H groups in total. The predicted molar refractivity (Wildman–Crippen MR) is 183 cm³/mol. The zero-order valence-electron chi connectivity index (χ0n) is 29.5. The molecule has 1 amide bonds. The lowest BCUT2D eigenvalue weighted by Crippen LogP contribution is -2.41. The Balaban J connectivity index is 2.25. The molecule has 11 nitrogen and oxygen atoms in total. The van der Waals surface area contributed by atoms with Crippen LogP contribution in [0, 0.1) is 0 Å². The highest BCUT2D eigenvalue weighted by molar-refractivity contribution is 6.74. The Kier molecular flexibility index (Phi) is 14.0. The van der Waals surface area contributed by atoms with Gasteiger partial charge in [-0.2, -0.15) is 0 Å². The van der Waals surface area contributed by atoms with Crippen molar-refractivity contribution < 1.29 is 47.2 Å². The number of hydrogen-bond acceptors (Lipinski definition) is 10. The smallest absolute Gasteiger partial charge is 0.338 e. The third-order valence-corrected chi connectivity index (χ3v) is 12.7. The SMILES string of the molecule is COc1cc(C(=O)OC(CCCOc2cc(C(=O)OC(C)(C)C)cc(C(N)=O)c2Cl)CCO[Si](C)(C)C(C)(C)C)cc(OC)c1OC. The van der Waals surface area contributed by atoms with Crippen molar-refractivity contribution in [2.24, 2.45) is 5.73 Å². The number of carbonyl (C=O) groups excluding carboxylic acids is 3. The predicted octanol–water partition coefficient (Wildman–Crippen LogP) is 7.22. The summed E-state index contributed by atoms with van der Waals surface area (Å²) in [5.41, 5.74) is 5.00. The molecular formula is C34H50ClNO10Si. The van der Waals surface area contributed by atoms with Gasteiger partial charge in [0.15, 0.2) is 19.8 Å². The largest absolute Gasteiger partial charge is 0.493 e. The van der Waals surface area contributed by atoms with Gasteiger partial charge in [-0.25, -0.2) is 9.59 Å². The van der Waals surface area contributed by atoms with Crippen LogP contribution in [0.15, 0.2) is 24.3 Å². The lowest BCUT2D eigenvalue weighted by atomic mass is 10.1. The van der Waals surface area contributed by atoms with Crippen LogP contribution in [0.1, 0.15) is 91.9 Å². The Morgan fingerprint density at radius 1 is 0.809 bits per heavy atom. The third-order valence-electron chi connectivity index (χ3n) is 7.75. The number of methoxy groups -OCH3 is 3. The molecule has 0 aromatic heterocycles. The molecule has 0 aliphatic rings. The van der Waals surface area contributed by atoms with Crippen LogP contribution in [0.5, 0.6) is 23.0 Å². The summed E-state index contributed by atoms with van der Waals surface area (Å²) in [6.07, 6.45) is 0.776. The number of nitrogens with two attached hydrogens (primary N) is 1. The van der Waals surface area contributed by atoms with Crippen LogP contribution in [0.25, 0.3) is 0 Å². The van der Waals surface area contributed by atoms with E-state index in [9.17, 15) is 14.4 Å². The van der Waals surface area contributed by atoms with Gasteiger partial charge in [0.25, 0.3) is 0 Å². The highest BCUT2D eigenvalue weighted by Gasteiger charge is 2.37. The Hall–Kier alpha value is -3.48. The third kappa shape index (κ3) is 11.3. The number of halogens is 1. The molecular weight excluding hydrogens is 646 g/mol. The van der Waals surface area contributed by atoms with E-state index < -0.39 is 37.9 Å². The van der Waals surface area contributed by atoms with Crippen LogP contribution >= 0.6 is 11.6 Å². The van der Waals surface area contributed by atoms with Crippen molar-refractivity contribution in [1.29, 1.82) is 0 Å². The van der Waals surface area contributed by atoms with Crippen LogP contribution in [0.2, 0.25) is 23.2 Å². The topological polar surface area (TPSA) is 142 Å². The molecule has 0 aliphatic heterocycles. The highest BCUT2D eigenvalue weighted by Crippen LogP contribution is 2.39. The summed E-state index contributed by atoms with van der Waals surface area (Å²) >= 11 is 6.42. The van der Waals surface area contributed by atoms with Crippen LogP contribution in [-0.4, -0.2) is 72.4 Å². The number of esters is 2.